The van der Waals surface area contributed by atoms with E-state index in [2.05, 4.69) is 15.5 Å². The van der Waals surface area contributed by atoms with E-state index in [-0.39, 0.29) is 12.1 Å². The quantitative estimate of drug-likeness (QED) is 0.640. The van der Waals surface area contributed by atoms with E-state index >= 15 is 0 Å². The van der Waals surface area contributed by atoms with Crippen LogP contribution >= 0.6 is 11.6 Å². The van der Waals surface area contributed by atoms with Crippen LogP contribution in [0, 0.1) is 0 Å². The monoisotopic (exact) mass is 412 g/mol. The number of hydrogen-bond donors (Lipinski definition) is 1. The number of amides is 2. The average Bonchev–Trinajstić information content (AvgIpc) is 3.24. The molecule has 1 fully saturated rings. The number of urea groups is 1. The molecule has 2 aromatic carbocycles. The second-order valence-corrected chi connectivity index (χ2v) is 7.27. The van der Waals surface area contributed by atoms with Crippen molar-refractivity contribution in [2.24, 2.45) is 0 Å². The van der Waals surface area contributed by atoms with Crippen LogP contribution in [0.25, 0.3) is 11.4 Å². The summed E-state index contributed by atoms with van der Waals surface area (Å²) in [5, 5.41) is 7.58. The summed E-state index contributed by atoms with van der Waals surface area (Å²) in [5.74, 6) is 1.62. The molecule has 0 radical (unpaired) electrons. The standard InChI is InChI=1S/C21H21ClN4O3/c1-28-17-9-4-6-14(12-17)19-24-20(29-25-19)18-10-2-3-11-26(18)21(27)23-16-8-5-7-15(22)13-16/h4-9,12-13,18H,2-3,10-11H2,1H3,(H,23,27). The Kier molecular flexibility index (Phi) is 5.67. The van der Waals surface area contributed by atoms with Gasteiger partial charge in [-0.2, -0.15) is 4.98 Å². The van der Waals surface area contributed by atoms with E-state index in [4.69, 9.17) is 20.9 Å². The number of hydrogen-bond acceptors (Lipinski definition) is 5. The summed E-state index contributed by atoms with van der Waals surface area (Å²) in [7, 11) is 1.61. The van der Waals surface area contributed by atoms with Crippen molar-refractivity contribution in [3.63, 3.8) is 0 Å². The average molecular weight is 413 g/mol. The lowest BCUT2D eigenvalue weighted by Gasteiger charge is -2.33. The second kappa shape index (κ2) is 8.53. The molecule has 8 heteroatoms. The third kappa shape index (κ3) is 4.35. The first-order valence-corrected chi connectivity index (χ1v) is 9.83. The number of anilines is 1. The second-order valence-electron chi connectivity index (χ2n) is 6.83. The van der Waals surface area contributed by atoms with Gasteiger partial charge >= 0.3 is 6.03 Å². The molecule has 0 spiro atoms. The van der Waals surface area contributed by atoms with Gasteiger partial charge in [-0.05, 0) is 49.6 Å². The lowest BCUT2D eigenvalue weighted by molar-refractivity contribution is 0.142. The zero-order valence-corrected chi connectivity index (χ0v) is 16.7. The van der Waals surface area contributed by atoms with Gasteiger partial charge in [0.2, 0.25) is 11.7 Å². The number of benzene rings is 2. The fourth-order valence-corrected chi connectivity index (χ4v) is 3.63. The number of nitrogens with one attached hydrogen (secondary N) is 1. The highest BCUT2D eigenvalue weighted by atomic mass is 35.5. The first kappa shape index (κ1) is 19.3. The molecule has 2 heterocycles. The maximum Gasteiger partial charge on any atom is 0.322 e. The molecule has 0 bridgehead atoms. The molecule has 0 saturated carbocycles. The molecule has 1 aromatic heterocycles. The van der Waals surface area contributed by atoms with Gasteiger partial charge in [0.1, 0.15) is 11.8 Å². The topological polar surface area (TPSA) is 80.5 Å². The summed E-state index contributed by atoms with van der Waals surface area (Å²) in [6.45, 7) is 0.619. The molecule has 1 unspecified atom stereocenters. The van der Waals surface area contributed by atoms with Gasteiger partial charge in [-0.25, -0.2) is 4.79 Å². The number of nitrogens with zero attached hydrogens (tertiary/aromatic N) is 3. The summed E-state index contributed by atoms with van der Waals surface area (Å²) < 4.78 is 10.8. The molecule has 1 saturated heterocycles. The van der Waals surface area contributed by atoms with Crippen LogP contribution in [0.5, 0.6) is 5.75 Å². The van der Waals surface area contributed by atoms with E-state index < -0.39 is 0 Å². The van der Waals surface area contributed by atoms with Crippen LogP contribution in [-0.2, 0) is 0 Å². The molecule has 1 aliphatic heterocycles. The molecular weight excluding hydrogens is 392 g/mol. The first-order valence-electron chi connectivity index (χ1n) is 9.45. The van der Waals surface area contributed by atoms with Gasteiger partial charge in [-0.3, -0.25) is 0 Å². The Balaban J connectivity index is 1.54. The van der Waals surface area contributed by atoms with Crippen molar-refractivity contribution in [3.8, 4) is 17.1 Å². The normalized spacial score (nSPS) is 16.5. The van der Waals surface area contributed by atoms with E-state index in [1.807, 2.05) is 24.3 Å². The van der Waals surface area contributed by atoms with Crippen molar-refractivity contribution in [1.82, 2.24) is 15.0 Å². The van der Waals surface area contributed by atoms with Crippen LogP contribution in [0.3, 0.4) is 0 Å². The zero-order chi connectivity index (χ0) is 20.2. The number of halogens is 1. The summed E-state index contributed by atoms with van der Waals surface area (Å²) in [4.78, 5) is 19.2. The Morgan fingerprint density at radius 3 is 2.93 bits per heavy atom. The van der Waals surface area contributed by atoms with E-state index in [0.717, 1.165) is 24.8 Å². The Hall–Kier alpha value is -3.06. The fourth-order valence-electron chi connectivity index (χ4n) is 3.44. The number of likely N-dealkylation sites (tertiary alicyclic amines) is 1. The minimum absolute atomic E-state index is 0.210. The van der Waals surface area contributed by atoms with E-state index in [1.165, 1.54) is 0 Å². The molecule has 3 aromatic rings. The van der Waals surface area contributed by atoms with Crippen molar-refractivity contribution in [2.45, 2.75) is 25.3 Å². The van der Waals surface area contributed by atoms with Gasteiger partial charge in [0.25, 0.3) is 0 Å². The number of methoxy groups -OCH3 is 1. The molecule has 1 aliphatic rings. The summed E-state index contributed by atoms with van der Waals surface area (Å²) in [5.41, 5.74) is 1.44. The lowest BCUT2D eigenvalue weighted by Crippen LogP contribution is -2.41. The summed E-state index contributed by atoms with van der Waals surface area (Å²) in [6.07, 6.45) is 2.68. The molecule has 1 N–H and O–H groups in total. The fraction of sp³-hybridized carbons (Fsp3) is 0.286. The van der Waals surface area contributed by atoms with Crippen LogP contribution in [-0.4, -0.2) is 34.7 Å². The molecule has 29 heavy (non-hydrogen) atoms. The predicted molar refractivity (Wildman–Crippen MR) is 110 cm³/mol. The number of ether oxygens (including phenoxy) is 1. The van der Waals surface area contributed by atoms with E-state index in [1.54, 1.807) is 36.3 Å². The largest absolute Gasteiger partial charge is 0.497 e. The molecule has 1 atom stereocenters. The van der Waals surface area contributed by atoms with Gasteiger partial charge in [0, 0.05) is 22.8 Å². The van der Waals surface area contributed by atoms with Crippen LogP contribution in [0.1, 0.15) is 31.2 Å². The number of carbonyl (C=O) groups is 1. The molecule has 4 rings (SSSR count). The summed E-state index contributed by atoms with van der Waals surface area (Å²) >= 11 is 6.01. The smallest absolute Gasteiger partial charge is 0.322 e. The molecular formula is C21H21ClN4O3. The van der Waals surface area contributed by atoms with Crippen molar-refractivity contribution in [3.05, 3.63) is 59.4 Å². The number of rotatable bonds is 4. The lowest BCUT2D eigenvalue weighted by atomic mass is 10.0. The highest BCUT2D eigenvalue weighted by molar-refractivity contribution is 6.30. The van der Waals surface area contributed by atoms with Gasteiger partial charge in [0.05, 0.1) is 7.11 Å². The van der Waals surface area contributed by atoms with Crippen molar-refractivity contribution >= 4 is 23.3 Å². The maximum atomic E-state index is 12.9. The highest BCUT2D eigenvalue weighted by Crippen LogP contribution is 2.32. The third-order valence-corrected chi connectivity index (χ3v) is 5.13. The van der Waals surface area contributed by atoms with E-state index in [9.17, 15) is 4.79 Å². The van der Waals surface area contributed by atoms with Crippen LogP contribution in [0.4, 0.5) is 10.5 Å². The Morgan fingerprint density at radius 1 is 1.24 bits per heavy atom. The van der Waals surface area contributed by atoms with Crippen molar-refractivity contribution in [1.29, 1.82) is 0 Å². The van der Waals surface area contributed by atoms with Crippen molar-refractivity contribution in [2.75, 3.05) is 19.0 Å². The van der Waals surface area contributed by atoms with Gasteiger partial charge in [-0.1, -0.05) is 35.0 Å². The SMILES string of the molecule is COc1cccc(-c2noc(C3CCCCN3C(=O)Nc3cccc(Cl)c3)n2)c1. The van der Waals surface area contributed by atoms with Crippen molar-refractivity contribution < 1.29 is 14.1 Å². The predicted octanol–water partition coefficient (Wildman–Crippen LogP) is 5.16. The molecule has 150 valence electrons. The van der Waals surface area contributed by atoms with Gasteiger partial charge in [-0.15, -0.1) is 0 Å². The Bertz CT molecular complexity index is 1010. The summed E-state index contributed by atoms with van der Waals surface area (Å²) in [6, 6.07) is 14.1. The Labute approximate surface area is 173 Å². The third-order valence-electron chi connectivity index (χ3n) is 4.89. The van der Waals surface area contributed by atoms with Crippen LogP contribution in [0.15, 0.2) is 53.1 Å². The molecule has 0 aliphatic carbocycles. The van der Waals surface area contributed by atoms with Crippen LogP contribution < -0.4 is 10.1 Å². The van der Waals surface area contributed by atoms with Gasteiger partial charge < -0.3 is 19.5 Å². The first-order chi connectivity index (χ1) is 14.1. The van der Waals surface area contributed by atoms with E-state index in [0.29, 0.717) is 34.7 Å². The molecule has 7 nitrogen and oxygen atoms in total. The maximum absolute atomic E-state index is 12.9. The number of piperidine rings is 1. The minimum Gasteiger partial charge on any atom is -0.497 e. The zero-order valence-electron chi connectivity index (χ0n) is 16.0. The van der Waals surface area contributed by atoms with Crippen LogP contribution in [0.2, 0.25) is 5.02 Å². The van der Waals surface area contributed by atoms with Gasteiger partial charge in [0.15, 0.2) is 0 Å². The Morgan fingerprint density at radius 2 is 2.10 bits per heavy atom. The number of aromatic nitrogens is 2. The molecule has 2 amide bonds. The minimum atomic E-state index is -0.269. The number of carbonyl (C=O) groups excluding carboxylic acids is 1. The highest BCUT2D eigenvalue weighted by Gasteiger charge is 2.32.